The molecule has 1 amide bonds. The van der Waals surface area contributed by atoms with Gasteiger partial charge in [0.1, 0.15) is 0 Å². The van der Waals surface area contributed by atoms with Gasteiger partial charge in [0.25, 0.3) is 0 Å². The second kappa shape index (κ2) is 3.68. The summed E-state index contributed by atoms with van der Waals surface area (Å²) in [6, 6.07) is 0. The van der Waals surface area contributed by atoms with Crippen LogP contribution in [0.5, 0.6) is 0 Å². The lowest BCUT2D eigenvalue weighted by molar-refractivity contribution is -0.124. The maximum atomic E-state index is 10.8. The molecule has 0 unspecified atom stereocenters. The van der Waals surface area contributed by atoms with E-state index in [1.165, 1.54) is 0 Å². The molecule has 0 atom stereocenters. The Kier molecular flexibility index (Phi) is 3.47. The van der Waals surface area contributed by atoms with Crippen LogP contribution in [0, 0.1) is 7.05 Å². The number of carbonyl (C=O) groups is 1. The van der Waals surface area contributed by atoms with E-state index in [9.17, 15) is 13.2 Å². The van der Waals surface area contributed by atoms with Crippen molar-refractivity contribution in [3.05, 3.63) is 7.05 Å². The van der Waals surface area contributed by atoms with Gasteiger partial charge in [-0.1, -0.05) is 6.92 Å². The summed E-state index contributed by atoms with van der Waals surface area (Å²) in [6.07, 6.45) is 0.709. The SMILES string of the molecule is [CH2]N(C(=O)CCC)S(N)(=O)=O. The molecule has 0 aliphatic carbocycles. The zero-order valence-corrected chi connectivity index (χ0v) is 7.10. The van der Waals surface area contributed by atoms with Gasteiger partial charge in [0, 0.05) is 6.42 Å². The van der Waals surface area contributed by atoms with Crippen LogP contribution in [0.4, 0.5) is 0 Å². The molecular weight excluding hydrogens is 168 g/mol. The van der Waals surface area contributed by atoms with Crippen molar-refractivity contribution >= 4 is 16.1 Å². The van der Waals surface area contributed by atoms with Crippen molar-refractivity contribution in [3.8, 4) is 0 Å². The van der Waals surface area contributed by atoms with Crippen LogP contribution in [-0.2, 0) is 15.0 Å². The van der Waals surface area contributed by atoms with Crippen molar-refractivity contribution in [1.82, 2.24) is 4.31 Å². The van der Waals surface area contributed by atoms with Gasteiger partial charge in [-0.25, -0.2) is 9.44 Å². The van der Waals surface area contributed by atoms with Gasteiger partial charge < -0.3 is 0 Å². The number of amides is 1. The number of carbonyl (C=O) groups excluding carboxylic acids is 1. The molecule has 2 N–H and O–H groups in total. The fourth-order valence-corrected chi connectivity index (χ4v) is 0.856. The van der Waals surface area contributed by atoms with Crippen LogP contribution in [0.1, 0.15) is 19.8 Å². The van der Waals surface area contributed by atoms with Crippen molar-refractivity contribution in [2.75, 3.05) is 0 Å². The molecule has 65 valence electrons. The van der Waals surface area contributed by atoms with Gasteiger partial charge >= 0.3 is 10.2 Å². The van der Waals surface area contributed by atoms with Crippen LogP contribution in [0.15, 0.2) is 0 Å². The Morgan fingerprint density at radius 2 is 2.09 bits per heavy atom. The van der Waals surface area contributed by atoms with Crippen LogP contribution in [0.25, 0.3) is 0 Å². The minimum absolute atomic E-state index is 0.139. The van der Waals surface area contributed by atoms with Gasteiger partial charge in [-0.15, -0.1) is 0 Å². The van der Waals surface area contributed by atoms with Crippen LogP contribution >= 0.6 is 0 Å². The Morgan fingerprint density at radius 1 is 1.64 bits per heavy atom. The third-order valence-corrected chi connectivity index (χ3v) is 1.87. The predicted octanol–water partition coefficient (Wildman–Crippen LogP) is -0.390. The van der Waals surface area contributed by atoms with E-state index in [1.54, 1.807) is 6.92 Å². The molecule has 0 aromatic carbocycles. The molecule has 0 aliphatic rings. The molecule has 5 nitrogen and oxygen atoms in total. The molecule has 11 heavy (non-hydrogen) atoms. The summed E-state index contributed by atoms with van der Waals surface area (Å²) < 4.78 is 21.2. The third kappa shape index (κ3) is 3.33. The zero-order valence-electron chi connectivity index (χ0n) is 6.28. The molecule has 0 aromatic heterocycles. The topological polar surface area (TPSA) is 80.5 Å². The predicted molar refractivity (Wildman–Crippen MR) is 40.2 cm³/mol. The summed E-state index contributed by atoms with van der Waals surface area (Å²) in [5, 5.41) is 4.62. The first-order valence-electron chi connectivity index (χ1n) is 3.06. The highest BCUT2D eigenvalue weighted by atomic mass is 32.2. The fraction of sp³-hybridized carbons (Fsp3) is 0.600. The highest BCUT2D eigenvalue weighted by Crippen LogP contribution is 1.98. The van der Waals surface area contributed by atoms with E-state index in [0.717, 1.165) is 0 Å². The number of nitrogens with zero attached hydrogens (tertiary/aromatic N) is 1. The Balaban J connectivity index is 4.27. The second-order valence-electron chi connectivity index (χ2n) is 2.04. The minimum atomic E-state index is -3.95. The van der Waals surface area contributed by atoms with Gasteiger partial charge in [-0.3, -0.25) is 4.79 Å². The lowest BCUT2D eigenvalue weighted by Gasteiger charge is -2.12. The quantitative estimate of drug-likeness (QED) is 0.640. The number of hydrogen-bond donors (Lipinski definition) is 1. The molecule has 6 heteroatoms. The molecule has 0 saturated carbocycles. The monoisotopic (exact) mass is 179 g/mol. The normalized spacial score (nSPS) is 11.2. The molecule has 0 aromatic rings. The van der Waals surface area contributed by atoms with Crippen molar-refractivity contribution < 1.29 is 13.2 Å². The van der Waals surface area contributed by atoms with Gasteiger partial charge in [-0.05, 0) is 6.42 Å². The van der Waals surface area contributed by atoms with Crippen LogP contribution < -0.4 is 5.14 Å². The van der Waals surface area contributed by atoms with Gasteiger partial charge in [-0.2, -0.15) is 8.42 Å². The Labute approximate surface area is 66.4 Å². The molecule has 1 radical (unpaired) electrons. The maximum absolute atomic E-state index is 10.8. The summed E-state index contributed by atoms with van der Waals surface area (Å²) in [7, 11) is -0.953. The van der Waals surface area contributed by atoms with Crippen molar-refractivity contribution in [2.24, 2.45) is 5.14 Å². The largest absolute Gasteiger partial charge is 0.301 e. The molecule has 0 saturated heterocycles. The smallest absolute Gasteiger partial charge is 0.274 e. The Morgan fingerprint density at radius 3 is 2.36 bits per heavy atom. The van der Waals surface area contributed by atoms with Crippen LogP contribution in [-0.4, -0.2) is 18.6 Å². The van der Waals surface area contributed by atoms with E-state index in [0.29, 0.717) is 10.7 Å². The third-order valence-electron chi connectivity index (χ3n) is 1.05. The summed E-state index contributed by atoms with van der Waals surface area (Å²) in [4.78, 5) is 10.8. The first-order valence-corrected chi connectivity index (χ1v) is 4.56. The van der Waals surface area contributed by atoms with Crippen molar-refractivity contribution in [1.29, 1.82) is 0 Å². The van der Waals surface area contributed by atoms with Gasteiger partial charge in [0.2, 0.25) is 5.91 Å². The van der Waals surface area contributed by atoms with E-state index < -0.39 is 16.1 Å². The molecular formula is C5H11N2O3S. The minimum Gasteiger partial charge on any atom is -0.274 e. The summed E-state index contributed by atoms with van der Waals surface area (Å²) in [5.41, 5.74) is 0. The summed E-state index contributed by atoms with van der Waals surface area (Å²) in [6.45, 7) is 1.76. The molecule has 0 fully saturated rings. The van der Waals surface area contributed by atoms with Gasteiger partial charge in [0.15, 0.2) is 0 Å². The zero-order chi connectivity index (χ0) is 9.07. The highest BCUT2D eigenvalue weighted by molar-refractivity contribution is 7.87. The molecule has 0 spiro atoms. The fourth-order valence-electron chi connectivity index (χ4n) is 0.480. The van der Waals surface area contributed by atoms with Crippen LogP contribution in [0.2, 0.25) is 0 Å². The van der Waals surface area contributed by atoms with E-state index in [4.69, 9.17) is 0 Å². The van der Waals surface area contributed by atoms with E-state index in [2.05, 4.69) is 12.2 Å². The number of nitrogens with two attached hydrogens (primary N) is 1. The molecule has 0 heterocycles. The number of rotatable bonds is 3. The van der Waals surface area contributed by atoms with E-state index in [1.807, 2.05) is 0 Å². The van der Waals surface area contributed by atoms with Crippen LogP contribution in [0.3, 0.4) is 0 Å². The number of hydrogen-bond acceptors (Lipinski definition) is 3. The van der Waals surface area contributed by atoms with Gasteiger partial charge in [0.05, 0.1) is 7.05 Å². The standard InChI is InChI=1S/C5H11N2O3S/c1-3-4-5(8)7(2)11(6,9)10/h2-4H2,1H3,(H2,6,9,10). The highest BCUT2D eigenvalue weighted by Gasteiger charge is 2.17. The Hall–Kier alpha value is -0.620. The second-order valence-corrected chi connectivity index (χ2v) is 3.51. The lowest BCUT2D eigenvalue weighted by atomic mass is 10.3. The molecule has 0 aliphatic heterocycles. The molecule has 0 rings (SSSR count). The first kappa shape index (κ1) is 10.4. The van der Waals surface area contributed by atoms with E-state index >= 15 is 0 Å². The average molecular weight is 179 g/mol. The summed E-state index contributed by atoms with van der Waals surface area (Å²) >= 11 is 0. The Bertz CT molecular complexity index is 234. The van der Waals surface area contributed by atoms with Crippen molar-refractivity contribution in [3.63, 3.8) is 0 Å². The molecule has 0 bridgehead atoms. The maximum Gasteiger partial charge on any atom is 0.301 e. The first-order chi connectivity index (χ1) is 4.89. The average Bonchev–Trinajstić information content (AvgIpc) is 1.85. The van der Waals surface area contributed by atoms with Crippen molar-refractivity contribution in [2.45, 2.75) is 19.8 Å². The lowest BCUT2D eigenvalue weighted by Crippen LogP contribution is -2.36. The summed E-state index contributed by atoms with van der Waals surface area (Å²) in [5.74, 6) is -0.588. The van der Waals surface area contributed by atoms with E-state index in [-0.39, 0.29) is 6.42 Å².